The lowest BCUT2D eigenvalue weighted by Crippen LogP contribution is -2.68. The molecule has 3 aliphatic rings. The number of ether oxygens (including phenoxy) is 3. The van der Waals surface area contributed by atoms with Crippen molar-refractivity contribution in [1.29, 1.82) is 0 Å². The van der Waals surface area contributed by atoms with Crippen LogP contribution >= 0.6 is 0 Å². The predicted molar refractivity (Wildman–Crippen MR) is 85.8 cm³/mol. The van der Waals surface area contributed by atoms with Gasteiger partial charge in [0.15, 0.2) is 11.9 Å². The lowest BCUT2D eigenvalue weighted by atomic mass is 9.58. The Morgan fingerprint density at radius 1 is 1.17 bits per heavy atom. The van der Waals surface area contributed by atoms with E-state index in [9.17, 15) is 10.1 Å². The fraction of sp³-hybridized carbons (Fsp3) is 0.944. The van der Waals surface area contributed by atoms with Crippen LogP contribution in [0.4, 0.5) is 0 Å². The van der Waals surface area contributed by atoms with Crippen LogP contribution in [-0.2, 0) is 23.9 Å². The largest absolute Gasteiger partial charge is 0.436 e. The number of rotatable bonds is 2. The topological polar surface area (TPSA) is 74.2 Å². The van der Waals surface area contributed by atoms with E-state index >= 15 is 0 Å². The fourth-order valence-corrected chi connectivity index (χ4v) is 5.11. The summed E-state index contributed by atoms with van der Waals surface area (Å²) < 4.78 is 17.7. The van der Waals surface area contributed by atoms with Crippen LogP contribution in [0.3, 0.4) is 0 Å². The molecule has 0 amide bonds. The van der Waals surface area contributed by atoms with Crippen LogP contribution in [0.1, 0.15) is 60.3 Å². The molecule has 7 atom stereocenters. The summed E-state index contributed by atoms with van der Waals surface area (Å²) in [5.74, 6) is 0.124. The maximum Gasteiger partial charge on any atom is 0.304 e. The van der Waals surface area contributed by atoms with Crippen molar-refractivity contribution in [1.82, 2.24) is 0 Å². The summed E-state index contributed by atoms with van der Waals surface area (Å²) >= 11 is 0. The number of esters is 1. The monoisotopic (exact) mass is 342 g/mol. The fourth-order valence-electron chi connectivity index (χ4n) is 5.11. The molecule has 2 aliphatic heterocycles. The van der Waals surface area contributed by atoms with Crippen molar-refractivity contribution in [3.63, 3.8) is 0 Å². The number of hydrogen-bond acceptors (Lipinski definition) is 6. The summed E-state index contributed by atoms with van der Waals surface area (Å²) in [5.41, 5.74) is -1.29. The maximum atomic E-state index is 11.5. The van der Waals surface area contributed by atoms with Crippen molar-refractivity contribution in [3.8, 4) is 0 Å². The van der Waals surface area contributed by atoms with E-state index < -0.39 is 18.2 Å². The van der Waals surface area contributed by atoms with E-state index in [0.29, 0.717) is 5.92 Å². The Hall–Kier alpha value is -0.690. The summed E-state index contributed by atoms with van der Waals surface area (Å²) in [6.45, 7) is 9.64. The molecule has 1 saturated carbocycles. The molecular weight excluding hydrogens is 312 g/mol. The molecule has 6 nitrogen and oxygen atoms in total. The van der Waals surface area contributed by atoms with E-state index in [1.165, 1.54) is 6.92 Å². The summed E-state index contributed by atoms with van der Waals surface area (Å²) in [6, 6.07) is 0. The molecule has 0 aromatic rings. The first-order chi connectivity index (χ1) is 11.2. The van der Waals surface area contributed by atoms with Gasteiger partial charge in [-0.2, -0.15) is 0 Å². The number of carbonyl (C=O) groups is 1. The molecule has 0 aromatic heterocycles. The molecular formula is C18H30O6. The van der Waals surface area contributed by atoms with Gasteiger partial charge in [-0.25, -0.2) is 4.89 Å². The third kappa shape index (κ3) is 2.77. The Morgan fingerprint density at radius 3 is 2.50 bits per heavy atom. The van der Waals surface area contributed by atoms with Crippen LogP contribution in [0.2, 0.25) is 0 Å². The van der Waals surface area contributed by atoms with Gasteiger partial charge in [0.25, 0.3) is 0 Å². The average molecular weight is 342 g/mol. The predicted octanol–water partition coefficient (Wildman–Crippen LogP) is 3.35. The van der Waals surface area contributed by atoms with Crippen molar-refractivity contribution in [2.45, 2.75) is 84.1 Å². The highest BCUT2D eigenvalue weighted by Gasteiger charge is 2.66. The van der Waals surface area contributed by atoms with Gasteiger partial charge in [-0.3, -0.25) is 10.1 Å². The molecule has 0 aromatic carbocycles. The van der Waals surface area contributed by atoms with Crippen LogP contribution in [-0.4, -0.2) is 35.0 Å². The molecule has 2 unspecified atom stereocenters. The number of carbonyl (C=O) groups excluding carboxylic acids is 1. The van der Waals surface area contributed by atoms with Crippen molar-refractivity contribution < 1.29 is 29.1 Å². The third-order valence-electron chi connectivity index (χ3n) is 6.39. The third-order valence-corrected chi connectivity index (χ3v) is 6.39. The molecule has 2 saturated heterocycles. The molecule has 6 heteroatoms. The highest BCUT2D eigenvalue weighted by atomic mass is 17.1. The van der Waals surface area contributed by atoms with Gasteiger partial charge in [0.2, 0.25) is 6.29 Å². The molecule has 24 heavy (non-hydrogen) atoms. The minimum Gasteiger partial charge on any atom is -0.436 e. The summed E-state index contributed by atoms with van der Waals surface area (Å²) in [7, 11) is 0. The Labute approximate surface area is 143 Å². The van der Waals surface area contributed by atoms with E-state index in [1.54, 1.807) is 0 Å². The molecule has 0 radical (unpaired) electrons. The van der Waals surface area contributed by atoms with Crippen molar-refractivity contribution in [2.24, 2.45) is 23.7 Å². The second-order valence-electron chi connectivity index (χ2n) is 8.43. The molecule has 1 aliphatic carbocycles. The zero-order chi connectivity index (χ0) is 17.7. The molecule has 0 spiro atoms. The van der Waals surface area contributed by atoms with Crippen molar-refractivity contribution in [2.75, 3.05) is 0 Å². The van der Waals surface area contributed by atoms with Crippen LogP contribution in [0.25, 0.3) is 0 Å². The molecule has 3 fully saturated rings. The SMILES string of the molecule is CC(=O)OC1O[C@@H]2OC(C)(C)CC[C@H]3[C@H](C)CCC([C@H]1C)[C@@]23OO. The Bertz CT molecular complexity index is 492. The highest BCUT2D eigenvalue weighted by molar-refractivity contribution is 5.66. The zero-order valence-electron chi connectivity index (χ0n) is 15.3. The van der Waals surface area contributed by atoms with Crippen molar-refractivity contribution >= 4 is 5.97 Å². The van der Waals surface area contributed by atoms with Crippen LogP contribution < -0.4 is 0 Å². The van der Waals surface area contributed by atoms with Crippen LogP contribution in [0.15, 0.2) is 0 Å². The summed E-state index contributed by atoms with van der Waals surface area (Å²) in [4.78, 5) is 16.7. The lowest BCUT2D eigenvalue weighted by molar-refractivity contribution is -0.460. The van der Waals surface area contributed by atoms with Gasteiger partial charge in [-0.05, 0) is 51.4 Å². The Morgan fingerprint density at radius 2 is 1.88 bits per heavy atom. The van der Waals surface area contributed by atoms with Gasteiger partial charge < -0.3 is 14.2 Å². The quantitative estimate of drug-likeness (QED) is 0.471. The number of hydrogen-bond donors (Lipinski definition) is 1. The van der Waals surface area contributed by atoms with E-state index in [-0.39, 0.29) is 29.3 Å². The normalized spacial score (nSPS) is 47.4. The first-order valence-electron chi connectivity index (χ1n) is 9.04. The van der Waals surface area contributed by atoms with Gasteiger partial charge in [-0.1, -0.05) is 13.8 Å². The summed E-state index contributed by atoms with van der Waals surface area (Å²) in [6.07, 6.45) is 2.30. The van der Waals surface area contributed by atoms with Gasteiger partial charge in [-0.15, -0.1) is 0 Å². The molecule has 2 heterocycles. The van der Waals surface area contributed by atoms with Gasteiger partial charge >= 0.3 is 5.97 Å². The molecule has 1 N–H and O–H groups in total. The summed E-state index contributed by atoms with van der Waals surface area (Å²) in [5, 5.41) is 10.0. The van der Waals surface area contributed by atoms with Gasteiger partial charge in [0.05, 0.1) is 5.60 Å². The zero-order valence-corrected chi connectivity index (χ0v) is 15.3. The van der Waals surface area contributed by atoms with Gasteiger partial charge in [0.1, 0.15) is 0 Å². The average Bonchev–Trinajstić information content (AvgIpc) is 2.60. The first kappa shape index (κ1) is 18.1. The molecule has 0 bridgehead atoms. The molecule has 138 valence electrons. The highest BCUT2D eigenvalue weighted by Crippen LogP contribution is 2.57. The van der Waals surface area contributed by atoms with E-state index in [2.05, 4.69) is 6.92 Å². The van der Waals surface area contributed by atoms with Crippen LogP contribution in [0.5, 0.6) is 0 Å². The smallest absolute Gasteiger partial charge is 0.304 e. The minimum absolute atomic E-state index is 0.0145. The van der Waals surface area contributed by atoms with Crippen molar-refractivity contribution in [3.05, 3.63) is 0 Å². The van der Waals surface area contributed by atoms with Gasteiger partial charge in [0, 0.05) is 18.8 Å². The Kier molecular flexibility index (Phi) is 4.71. The second kappa shape index (κ2) is 6.24. The Balaban J connectivity index is 2.03. The maximum absolute atomic E-state index is 11.5. The standard InChI is InChI=1S/C18H30O6/c1-10-6-7-14-11(2)15(21-12(3)19)22-16-18(14,24-20)13(10)8-9-17(4,5)23-16/h10-11,13-16,20H,6-9H2,1-5H3/t10-,11-,13+,14?,15?,16-,18-/m1/s1. The molecule has 3 rings (SSSR count). The lowest BCUT2D eigenvalue weighted by Gasteiger charge is -2.57. The van der Waals surface area contributed by atoms with E-state index in [1.807, 2.05) is 20.8 Å². The second-order valence-corrected chi connectivity index (χ2v) is 8.43. The van der Waals surface area contributed by atoms with E-state index in [0.717, 1.165) is 25.7 Å². The first-order valence-corrected chi connectivity index (χ1v) is 9.04. The minimum atomic E-state index is -0.901. The van der Waals surface area contributed by atoms with Crippen LogP contribution in [0, 0.1) is 23.7 Å². The van der Waals surface area contributed by atoms with E-state index in [4.69, 9.17) is 19.1 Å².